The number of hydrogen-bond donors (Lipinski definition) is 1. The topological polar surface area (TPSA) is 64.3 Å². The summed E-state index contributed by atoms with van der Waals surface area (Å²) in [5, 5.41) is 17.9. The first kappa shape index (κ1) is 10.0. The molecule has 0 aromatic carbocycles. The van der Waals surface area contributed by atoms with Gasteiger partial charge in [0.1, 0.15) is 6.42 Å². The van der Waals surface area contributed by atoms with E-state index in [1.165, 1.54) is 0 Å². The molecule has 0 saturated carbocycles. The van der Waals surface area contributed by atoms with E-state index >= 15 is 0 Å². The minimum absolute atomic E-state index is 0.101. The number of carbonyl (C=O) groups is 1. The van der Waals surface area contributed by atoms with Crippen LogP contribution in [0.5, 0.6) is 0 Å². The average molecular weight is 182 g/mol. The molecule has 4 nitrogen and oxygen atoms in total. The van der Waals surface area contributed by atoms with Gasteiger partial charge in [0.05, 0.1) is 17.7 Å². The lowest BCUT2D eigenvalue weighted by Crippen LogP contribution is -2.47. The predicted octanol–water partition coefficient (Wildman–Crippen LogP) is 0.272. The summed E-state index contributed by atoms with van der Waals surface area (Å²) >= 11 is 0. The van der Waals surface area contributed by atoms with Crippen LogP contribution >= 0.6 is 0 Å². The molecule has 1 heterocycles. The van der Waals surface area contributed by atoms with Crippen molar-refractivity contribution in [3.05, 3.63) is 0 Å². The maximum atomic E-state index is 11.4. The van der Waals surface area contributed by atoms with Crippen molar-refractivity contribution in [3.8, 4) is 6.07 Å². The number of aliphatic hydroxyl groups excluding tert-OH is 1. The molecule has 1 fully saturated rings. The summed E-state index contributed by atoms with van der Waals surface area (Å²) in [5.41, 5.74) is -0.520. The van der Waals surface area contributed by atoms with Gasteiger partial charge in [0.15, 0.2) is 0 Å². The molecule has 1 unspecified atom stereocenters. The number of rotatable bonds is 1. The molecule has 1 aliphatic heterocycles. The fourth-order valence-electron chi connectivity index (χ4n) is 1.68. The molecule has 72 valence electrons. The molecule has 1 rings (SSSR count). The quantitative estimate of drug-likeness (QED) is 0.633. The van der Waals surface area contributed by atoms with Gasteiger partial charge in [0.25, 0.3) is 0 Å². The summed E-state index contributed by atoms with van der Waals surface area (Å²) in [4.78, 5) is 13.0. The Bertz CT molecular complexity index is 255. The van der Waals surface area contributed by atoms with E-state index in [4.69, 9.17) is 5.26 Å². The number of aliphatic hydroxyl groups is 1. The smallest absolute Gasteiger partial charge is 0.237 e. The largest absolute Gasteiger partial charge is 0.391 e. The number of hydrogen-bond acceptors (Lipinski definition) is 3. The third kappa shape index (κ3) is 1.65. The van der Waals surface area contributed by atoms with Gasteiger partial charge in [0.2, 0.25) is 5.91 Å². The number of nitriles is 1. The molecular formula is C9H14N2O2. The molecule has 1 atom stereocenters. The Morgan fingerprint density at radius 2 is 2.38 bits per heavy atom. The van der Waals surface area contributed by atoms with Gasteiger partial charge in [-0.3, -0.25) is 4.79 Å². The number of likely N-dealkylation sites (tertiary alicyclic amines) is 1. The maximum Gasteiger partial charge on any atom is 0.237 e. The van der Waals surface area contributed by atoms with Crippen LogP contribution in [0.4, 0.5) is 0 Å². The van der Waals surface area contributed by atoms with E-state index in [9.17, 15) is 9.90 Å². The number of carbonyl (C=O) groups excluding carboxylic acids is 1. The van der Waals surface area contributed by atoms with Crippen molar-refractivity contribution >= 4 is 5.91 Å². The van der Waals surface area contributed by atoms with Gasteiger partial charge in [-0.05, 0) is 20.3 Å². The highest BCUT2D eigenvalue weighted by Crippen LogP contribution is 2.29. The van der Waals surface area contributed by atoms with Gasteiger partial charge in [-0.15, -0.1) is 0 Å². The van der Waals surface area contributed by atoms with Gasteiger partial charge in [-0.1, -0.05) is 0 Å². The number of amides is 1. The van der Waals surface area contributed by atoms with Crippen LogP contribution in [0, 0.1) is 11.3 Å². The van der Waals surface area contributed by atoms with Crippen LogP contribution in [0.3, 0.4) is 0 Å². The molecule has 1 N–H and O–H groups in total. The first-order valence-electron chi connectivity index (χ1n) is 4.35. The lowest BCUT2D eigenvalue weighted by Gasteiger charge is -2.33. The normalized spacial score (nSPS) is 25.7. The van der Waals surface area contributed by atoms with Crippen molar-refractivity contribution in [1.82, 2.24) is 4.90 Å². The molecule has 0 bridgehead atoms. The van der Waals surface area contributed by atoms with E-state index in [1.807, 2.05) is 19.9 Å². The third-order valence-corrected chi connectivity index (χ3v) is 2.67. The summed E-state index contributed by atoms with van der Waals surface area (Å²) in [6, 6.07) is 1.82. The molecule has 0 aromatic rings. The van der Waals surface area contributed by atoms with Crippen molar-refractivity contribution in [3.63, 3.8) is 0 Å². The lowest BCUT2D eigenvalue weighted by atomic mass is 9.98. The Kier molecular flexibility index (Phi) is 2.58. The molecular weight excluding hydrogens is 168 g/mol. The minimum atomic E-state index is -0.520. The van der Waals surface area contributed by atoms with Gasteiger partial charge in [-0.2, -0.15) is 5.26 Å². The van der Waals surface area contributed by atoms with E-state index in [-0.39, 0.29) is 12.3 Å². The first-order chi connectivity index (χ1) is 6.00. The van der Waals surface area contributed by atoms with E-state index in [0.29, 0.717) is 13.0 Å². The zero-order valence-electron chi connectivity index (χ0n) is 7.95. The summed E-state index contributed by atoms with van der Waals surface area (Å²) in [5.74, 6) is -0.191. The lowest BCUT2D eigenvalue weighted by molar-refractivity contribution is -0.134. The first-order valence-corrected chi connectivity index (χ1v) is 4.35. The fraction of sp³-hybridized carbons (Fsp3) is 0.778. The average Bonchev–Trinajstić information content (AvgIpc) is 2.28. The van der Waals surface area contributed by atoms with Crippen molar-refractivity contribution in [1.29, 1.82) is 5.26 Å². The van der Waals surface area contributed by atoms with Crippen LogP contribution in [0.15, 0.2) is 0 Å². The molecule has 1 saturated heterocycles. The summed E-state index contributed by atoms with van der Waals surface area (Å²) < 4.78 is 0. The van der Waals surface area contributed by atoms with Gasteiger partial charge in [0, 0.05) is 6.54 Å². The molecule has 1 amide bonds. The highest BCUT2D eigenvalue weighted by molar-refractivity contribution is 5.79. The van der Waals surface area contributed by atoms with E-state index in [1.54, 1.807) is 4.90 Å². The molecule has 0 aromatic heterocycles. The van der Waals surface area contributed by atoms with Crippen molar-refractivity contribution in [2.45, 2.75) is 38.3 Å². The standard InChI is InChI=1S/C9H14N2O2/c1-9(2)7(12)4-6-11(9)8(13)3-5-10/h7,12H,3-4,6H2,1-2H3. The molecule has 13 heavy (non-hydrogen) atoms. The molecule has 4 heteroatoms. The predicted molar refractivity (Wildman–Crippen MR) is 46.6 cm³/mol. The van der Waals surface area contributed by atoms with Crippen LogP contribution in [0.2, 0.25) is 0 Å². The van der Waals surface area contributed by atoms with Crippen LogP contribution < -0.4 is 0 Å². The van der Waals surface area contributed by atoms with Crippen LogP contribution in [0.25, 0.3) is 0 Å². The Morgan fingerprint density at radius 1 is 1.77 bits per heavy atom. The zero-order valence-corrected chi connectivity index (χ0v) is 7.95. The zero-order chi connectivity index (χ0) is 10.1. The maximum absolute atomic E-state index is 11.4. The van der Waals surface area contributed by atoms with Gasteiger partial charge >= 0.3 is 0 Å². The van der Waals surface area contributed by atoms with Crippen LogP contribution in [-0.4, -0.2) is 34.1 Å². The summed E-state index contributed by atoms with van der Waals surface area (Å²) in [6.07, 6.45) is 0.0236. The summed E-state index contributed by atoms with van der Waals surface area (Å²) in [6.45, 7) is 4.19. The fourth-order valence-corrected chi connectivity index (χ4v) is 1.68. The van der Waals surface area contributed by atoms with Crippen molar-refractivity contribution in [2.75, 3.05) is 6.54 Å². The Morgan fingerprint density at radius 3 is 2.77 bits per heavy atom. The third-order valence-electron chi connectivity index (χ3n) is 2.67. The SMILES string of the molecule is CC1(C)C(O)CCN1C(=O)CC#N. The Balaban J connectivity index is 2.73. The second-order valence-corrected chi connectivity index (χ2v) is 3.84. The second kappa shape index (κ2) is 3.35. The minimum Gasteiger partial charge on any atom is -0.391 e. The second-order valence-electron chi connectivity index (χ2n) is 3.84. The highest BCUT2D eigenvalue weighted by atomic mass is 16.3. The van der Waals surface area contributed by atoms with Crippen LogP contribution in [-0.2, 0) is 4.79 Å². The molecule has 1 aliphatic rings. The van der Waals surface area contributed by atoms with Gasteiger partial charge < -0.3 is 10.0 Å². The molecule has 0 spiro atoms. The Hall–Kier alpha value is -1.08. The molecule has 0 aliphatic carbocycles. The van der Waals surface area contributed by atoms with Crippen molar-refractivity contribution in [2.24, 2.45) is 0 Å². The van der Waals surface area contributed by atoms with E-state index in [0.717, 1.165) is 0 Å². The van der Waals surface area contributed by atoms with E-state index < -0.39 is 11.6 Å². The summed E-state index contributed by atoms with van der Waals surface area (Å²) in [7, 11) is 0. The monoisotopic (exact) mass is 182 g/mol. The highest BCUT2D eigenvalue weighted by Gasteiger charge is 2.42. The van der Waals surface area contributed by atoms with E-state index in [2.05, 4.69) is 0 Å². The number of nitrogens with zero attached hydrogens (tertiary/aromatic N) is 2. The molecule has 0 radical (unpaired) electrons. The van der Waals surface area contributed by atoms with Crippen molar-refractivity contribution < 1.29 is 9.90 Å². The Labute approximate surface area is 77.8 Å². The van der Waals surface area contributed by atoms with Gasteiger partial charge in [-0.25, -0.2) is 0 Å². The van der Waals surface area contributed by atoms with Crippen LogP contribution in [0.1, 0.15) is 26.7 Å².